The molecule has 0 nitrogen and oxygen atoms in total. The average molecular weight is 211 g/mol. The zero-order chi connectivity index (χ0) is 8.27. The van der Waals surface area contributed by atoms with Crippen molar-refractivity contribution in [3.63, 3.8) is 0 Å². The second kappa shape index (κ2) is 3.72. The Morgan fingerprint density at radius 3 is 2.73 bits per heavy atom. The standard InChI is InChI=1S/C10H11Br/c1-3-8-5-9(4-2)7-10(11)6-8/h3,5-7H,1,4H2,2H3. The summed E-state index contributed by atoms with van der Waals surface area (Å²) in [6, 6.07) is 6.34. The molecule has 58 valence electrons. The Balaban J connectivity index is 3.11. The van der Waals surface area contributed by atoms with E-state index in [1.165, 1.54) is 11.1 Å². The maximum Gasteiger partial charge on any atom is 0.0183 e. The van der Waals surface area contributed by atoms with Crippen molar-refractivity contribution in [3.05, 3.63) is 40.4 Å². The number of benzene rings is 1. The van der Waals surface area contributed by atoms with Crippen molar-refractivity contribution in [3.8, 4) is 0 Å². The summed E-state index contributed by atoms with van der Waals surface area (Å²) in [7, 11) is 0. The molecule has 0 aliphatic heterocycles. The van der Waals surface area contributed by atoms with E-state index in [1.807, 2.05) is 6.08 Å². The first kappa shape index (κ1) is 8.54. The number of rotatable bonds is 2. The Morgan fingerprint density at radius 1 is 1.45 bits per heavy atom. The van der Waals surface area contributed by atoms with E-state index in [9.17, 15) is 0 Å². The van der Waals surface area contributed by atoms with Gasteiger partial charge in [0.2, 0.25) is 0 Å². The molecule has 0 fully saturated rings. The first-order valence-electron chi connectivity index (χ1n) is 3.68. The van der Waals surface area contributed by atoms with Crippen molar-refractivity contribution >= 4 is 22.0 Å². The van der Waals surface area contributed by atoms with Gasteiger partial charge in [-0.3, -0.25) is 0 Å². The highest BCUT2D eigenvalue weighted by Crippen LogP contribution is 2.16. The third-order valence-electron chi connectivity index (χ3n) is 1.62. The Bertz CT molecular complexity index is 264. The summed E-state index contributed by atoms with van der Waals surface area (Å²) < 4.78 is 1.13. The van der Waals surface area contributed by atoms with Gasteiger partial charge in [0, 0.05) is 4.47 Å². The minimum Gasteiger partial charge on any atom is -0.0985 e. The van der Waals surface area contributed by atoms with Crippen molar-refractivity contribution in [1.82, 2.24) is 0 Å². The molecule has 11 heavy (non-hydrogen) atoms. The van der Waals surface area contributed by atoms with Crippen LogP contribution in [0.3, 0.4) is 0 Å². The van der Waals surface area contributed by atoms with Crippen LogP contribution in [0.4, 0.5) is 0 Å². The van der Waals surface area contributed by atoms with E-state index in [1.54, 1.807) is 0 Å². The van der Waals surface area contributed by atoms with Crippen LogP contribution in [0.1, 0.15) is 18.1 Å². The summed E-state index contributed by atoms with van der Waals surface area (Å²) in [5.41, 5.74) is 2.52. The first-order valence-corrected chi connectivity index (χ1v) is 4.47. The molecule has 0 amide bonds. The Morgan fingerprint density at radius 2 is 2.18 bits per heavy atom. The first-order chi connectivity index (χ1) is 5.26. The minimum absolute atomic E-state index is 1.07. The van der Waals surface area contributed by atoms with Crippen molar-refractivity contribution in [1.29, 1.82) is 0 Å². The zero-order valence-corrected chi connectivity index (χ0v) is 8.19. The predicted octanol–water partition coefficient (Wildman–Crippen LogP) is 3.65. The lowest BCUT2D eigenvalue weighted by Gasteiger charge is -1.99. The predicted molar refractivity (Wildman–Crippen MR) is 53.6 cm³/mol. The Hall–Kier alpha value is -0.560. The van der Waals surface area contributed by atoms with Gasteiger partial charge in [-0.15, -0.1) is 0 Å². The van der Waals surface area contributed by atoms with Crippen molar-refractivity contribution < 1.29 is 0 Å². The van der Waals surface area contributed by atoms with E-state index in [0.717, 1.165) is 10.9 Å². The summed E-state index contributed by atoms with van der Waals surface area (Å²) in [4.78, 5) is 0. The molecule has 0 saturated carbocycles. The fourth-order valence-electron chi connectivity index (χ4n) is 0.997. The molecule has 0 aromatic heterocycles. The van der Waals surface area contributed by atoms with Crippen LogP contribution in [0.2, 0.25) is 0 Å². The van der Waals surface area contributed by atoms with Crippen LogP contribution >= 0.6 is 15.9 Å². The van der Waals surface area contributed by atoms with Gasteiger partial charge in [-0.05, 0) is 29.7 Å². The van der Waals surface area contributed by atoms with E-state index < -0.39 is 0 Å². The maximum atomic E-state index is 3.73. The highest BCUT2D eigenvalue weighted by atomic mass is 79.9. The van der Waals surface area contributed by atoms with E-state index in [0.29, 0.717) is 0 Å². The maximum absolute atomic E-state index is 3.73. The smallest absolute Gasteiger partial charge is 0.0183 e. The van der Waals surface area contributed by atoms with E-state index in [2.05, 4.69) is 47.6 Å². The monoisotopic (exact) mass is 210 g/mol. The largest absolute Gasteiger partial charge is 0.0985 e. The van der Waals surface area contributed by atoms with Gasteiger partial charge in [-0.1, -0.05) is 41.6 Å². The molecule has 0 spiro atoms. The molecule has 0 bridgehead atoms. The lowest BCUT2D eigenvalue weighted by molar-refractivity contribution is 1.13. The topological polar surface area (TPSA) is 0 Å². The van der Waals surface area contributed by atoms with Crippen molar-refractivity contribution in [2.45, 2.75) is 13.3 Å². The quantitative estimate of drug-likeness (QED) is 0.700. The molecular weight excluding hydrogens is 200 g/mol. The van der Waals surface area contributed by atoms with Gasteiger partial charge in [0.1, 0.15) is 0 Å². The molecule has 0 radical (unpaired) electrons. The van der Waals surface area contributed by atoms with Gasteiger partial charge < -0.3 is 0 Å². The van der Waals surface area contributed by atoms with Crippen LogP contribution in [0.15, 0.2) is 29.3 Å². The highest BCUT2D eigenvalue weighted by molar-refractivity contribution is 9.10. The SMILES string of the molecule is C=Cc1cc(Br)cc(CC)c1. The number of halogens is 1. The second-order valence-electron chi connectivity index (χ2n) is 2.45. The van der Waals surface area contributed by atoms with Gasteiger partial charge in [0.05, 0.1) is 0 Å². The van der Waals surface area contributed by atoms with E-state index in [4.69, 9.17) is 0 Å². The highest BCUT2D eigenvalue weighted by Gasteiger charge is 1.93. The lowest BCUT2D eigenvalue weighted by Crippen LogP contribution is -1.81. The van der Waals surface area contributed by atoms with Crippen molar-refractivity contribution in [2.24, 2.45) is 0 Å². The fourth-order valence-corrected chi connectivity index (χ4v) is 1.56. The summed E-state index contributed by atoms with van der Waals surface area (Å²) in [6.45, 7) is 5.87. The van der Waals surface area contributed by atoms with Crippen LogP contribution < -0.4 is 0 Å². The molecule has 0 unspecified atom stereocenters. The lowest BCUT2D eigenvalue weighted by atomic mass is 10.1. The number of hydrogen-bond donors (Lipinski definition) is 0. The van der Waals surface area contributed by atoms with Gasteiger partial charge in [-0.2, -0.15) is 0 Å². The molecule has 1 aromatic rings. The molecule has 0 atom stereocenters. The van der Waals surface area contributed by atoms with Crippen LogP contribution in [0.25, 0.3) is 6.08 Å². The number of aryl methyl sites for hydroxylation is 1. The fraction of sp³-hybridized carbons (Fsp3) is 0.200. The Kier molecular flexibility index (Phi) is 2.89. The molecule has 0 N–H and O–H groups in total. The summed E-state index contributed by atoms with van der Waals surface area (Å²) in [6.07, 6.45) is 2.93. The molecule has 1 rings (SSSR count). The molecule has 1 aromatic carbocycles. The van der Waals surface area contributed by atoms with E-state index >= 15 is 0 Å². The zero-order valence-electron chi connectivity index (χ0n) is 6.60. The summed E-state index contributed by atoms with van der Waals surface area (Å²) in [5.74, 6) is 0. The van der Waals surface area contributed by atoms with Crippen LogP contribution in [-0.4, -0.2) is 0 Å². The normalized spacial score (nSPS) is 9.64. The summed E-state index contributed by atoms with van der Waals surface area (Å²) in [5, 5.41) is 0. The average Bonchev–Trinajstić information content (AvgIpc) is 2.03. The van der Waals surface area contributed by atoms with Gasteiger partial charge in [0.15, 0.2) is 0 Å². The van der Waals surface area contributed by atoms with Gasteiger partial charge >= 0.3 is 0 Å². The molecule has 1 heteroatoms. The third-order valence-corrected chi connectivity index (χ3v) is 2.08. The van der Waals surface area contributed by atoms with Gasteiger partial charge in [0.25, 0.3) is 0 Å². The molecule has 0 heterocycles. The third kappa shape index (κ3) is 2.19. The minimum atomic E-state index is 1.07. The molecule has 0 aliphatic rings. The number of hydrogen-bond acceptors (Lipinski definition) is 0. The van der Waals surface area contributed by atoms with Crippen molar-refractivity contribution in [2.75, 3.05) is 0 Å². The van der Waals surface area contributed by atoms with Crippen LogP contribution in [-0.2, 0) is 6.42 Å². The molecule has 0 aliphatic carbocycles. The van der Waals surface area contributed by atoms with E-state index in [-0.39, 0.29) is 0 Å². The van der Waals surface area contributed by atoms with Crippen LogP contribution in [0, 0.1) is 0 Å². The van der Waals surface area contributed by atoms with Gasteiger partial charge in [-0.25, -0.2) is 0 Å². The van der Waals surface area contributed by atoms with Crippen LogP contribution in [0.5, 0.6) is 0 Å². The molecule has 0 saturated heterocycles. The molecular formula is C10H11Br. The second-order valence-corrected chi connectivity index (χ2v) is 3.37. The summed E-state index contributed by atoms with van der Waals surface area (Å²) >= 11 is 3.45. The Labute approximate surface area is 76.1 Å².